The van der Waals surface area contributed by atoms with Gasteiger partial charge in [0.15, 0.2) is 0 Å². The van der Waals surface area contributed by atoms with Crippen molar-refractivity contribution < 1.29 is 14.4 Å². The monoisotopic (exact) mass is 744 g/mol. The average Bonchev–Trinajstić information content (AvgIpc) is 3.44. The maximum Gasteiger partial charge on any atom is 0.272 e. The van der Waals surface area contributed by atoms with Crippen LogP contribution >= 0.6 is 46.3 Å². The summed E-state index contributed by atoms with van der Waals surface area (Å²) < 4.78 is 0. The zero-order valence-electron chi connectivity index (χ0n) is 28.2. The highest BCUT2D eigenvalue weighted by molar-refractivity contribution is 8.00. The van der Waals surface area contributed by atoms with Crippen LogP contribution in [0.25, 0.3) is 6.08 Å². The van der Waals surface area contributed by atoms with E-state index in [1.807, 2.05) is 13.0 Å². The third-order valence-corrected chi connectivity index (χ3v) is 12.0. The molecule has 3 aromatic carbocycles. The van der Waals surface area contributed by atoms with Gasteiger partial charge in [-0.2, -0.15) is 5.26 Å². The Balaban J connectivity index is 1.31. The molecule has 0 spiro atoms. The minimum atomic E-state index is -0.573. The molecule has 1 aromatic heterocycles. The van der Waals surface area contributed by atoms with E-state index in [4.69, 9.17) is 23.2 Å². The van der Waals surface area contributed by atoms with E-state index in [9.17, 15) is 19.6 Å². The van der Waals surface area contributed by atoms with E-state index in [-0.39, 0.29) is 22.0 Å². The summed E-state index contributed by atoms with van der Waals surface area (Å²) in [7, 11) is 0. The van der Waals surface area contributed by atoms with Crippen LogP contribution in [0.15, 0.2) is 83.4 Å². The van der Waals surface area contributed by atoms with Gasteiger partial charge in [-0.1, -0.05) is 87.3 Å². The molecule has 5 rings (SSSR count). The first kappa shape index (κ1) is 37.2. The van der Waals surface area contributed by atoms with Crippen molar-refractivity contribution in [2.45, 2.75) is 63.5 Å². The molecule has 258 valence electrons. The van der Waals surface area contributed by atoms with Crippen molar-refractivity contribution in [3.63, 3.8) is 0 Å². The quantitative estimate of drug-likeness (QED) is 0.111. The molecule has 0 saturated carbocycles. The molecule has 0 bridgehead atoms. The lowest BCUT2D eigenvalue weighted by molar-refractivity contribution is -0.116. The van der Waals surface area contributed by atoms with Crippen molar-refractivity contribution in [2.24, 2.45) is 11.3 Å². The molecular weight excluding hydrogens is 707 g/mol. The zero-order chi connectivity index (χ0) is 36.0. The van der Waals surface area contributed by atoms with Gasteiger partial charge in [0.2, 0.25) is 5.91 Å². The van der Waals surface area contributed by atoms with Crippen molar-refractivity contribution in [1.29, 1.82) is 5.26 Å². The molecule has 11 heteroatoms. The lowest BCUT2D eigenvalue weighted by Gasteiger charge is -2.33. The van der Waals surface area contributed by atoms with E-state index in [2.05, 4.69) is 42.8 Å². The van der Waals surface area contributed by atoms with Crippen molar-refractivity contribution >= 4 is 80.8 Å². The molecule has 1 heterocycles. The predicted octanol–water partition coefficient (Wildman–Crippen LogP) is 10.00. The smallest absolute Gasteiger partial charge is 0.272 e. The van der Waals surface area contributed by atoms with Gasteiger partial charge in [0.25, 0.3) is 11.8 Å². The number of carbonyl (C=O) groups is 3. The van der Waals surface area contributed by atoms with E-state index in [0.717, 1.165) is 29.7 Å². The van der Waals surface area contributed by atoms with Gasteiger partial charge in [0.05, 0.1) is 20.9 Å². The molecule has 4 aromatic rings. The summed E-state index contributed by atoms with van der Waals surface area (Å²) in [4.78, 5) is 42.2. The third-order valence-electron chi connectivity index (χ3n) is 8.68. The number of benzene rings is 3. The largest absolute Gasteiger partial charge is 0.321 e. The fraction of sp³-hybridized carbons (Fsp3) is 0.282. The topological polar surface area (TPSA) is 111 Å². The molecule has 7 nitrogen and oxygen atoms in total. The molecule has 50 heavy (non-hydrogen) atoms. The highest BCUT2D eigenvalue weighted by Gasteiger charge is 2.33. The van der Waals surface area contributed by atoms with Crippen LogP contribution in [-0.2, 0) is 22.4 Å². The predicted molar refractivity (Wildman–Crippen MR) is 206 cm³/mol. The second-order valence-corrected chi connectivity index (χ2v) is 16.3. The summed E-state index contributed by atoms with van der Waals surface area (Å²) in [5, 5.41) is 19.4. The number of fused-ring (bicyclic) bond motifs is 1. The molecule has 0 saturated heterocycles. The van der Waals surface area contributed by atoms with Crippen molar-refractivity contribution in [3.8, 4) is 6.07 Å². The zero-order valence-corrected chi connectivity index (χ0v) is 31.4. The Kier molecular flexibility index (Phi) is 12.1. The van der Waals surface area contributed by atoms with Gasteiger partial charge in [-0.25, -0.2) is 0 Å². The second-order valence-electron chi connectivity index (χ2n) is 13.1. The number of nitrogens with zero attached hydrogens (tertiary/aromatic N) is 1. The molecule has 0 radical (unpaired) electrons. The molecule has 1 aliphatic rings. The van der Waals surface area contributed by atoms with Crippen LogP contribution in [0, 0.1) is 22.7 Å². The molecule has 3 amide bonds. The lowest BCUT2D eigenvalue weighted by atomic mass is 9.72. The first-order valence-corrected chi connectivity index (χ1v) is 18.8. The van der Waals surface area contributed by atoms with Gasteiger partial charge in [-0.05, 0) is 90.6 Å². The van der Waals surface area contributed by atoms with Crippen LogP contribution in [0.5, 0.6) is 0 Å². The number of halogens is 2. The average molecular weight is 746 g/mol. The highest BCUT2D eigenvalue weighted by Crippen LogP contribution is 2.44. The van der Waals surface area contributed by atoms with E-state index < -0.39 is 17.1 Å². The molecular formula is C39H38Cl2N4O3S2. The van der Waals surface area contributed by atoms with E-state index in [1.54, 1.807) is 66.7 Å². The minimum absolute atomic E-state index is 0.0346. The van der Waals surface area contributed by atoms with E-state index >= 15 is 0 Å². The van der Waals surface area contributed by atoms with Crippen LogP contribution in [0.3, 0.4) is 0 Å². The van der Waals surface area contributed by atoms with Crippen LogP contribution in [0.1, 0.15) is 72.5 Å². The fourth-order valence-electron chi connectivity index (χ4n) is 5.79. The van der Waals surface area contributed by atoms with Crippen LogP contribution in [-0.4, -0.2) is 23.0 Å². The second kappa shape index (κ2) is 16.3. The van der Waals surface area contributed by atoms with Gasteiger partial charge >= 0.3 is 0 Å². The van der Waals surface area contributed by atoms with Crippen molar-refractivity contribution in [2.75, 3.05) is 10.6 Å². The number of hydrogen-bond donors (Lipinski definition) is 3. The van der Waals surface area contributed by atoms with Gasteiger partial charge in [-0.15, -0.1) is 23.1 Å². The summed E-state index contributed by atoms with van der Waals surface area (Å²) in [5.74, 6) is -0.693. The summed E-state index contributed by atoms with van der Waals surface area (Å²) >= 11 is 15.5. The summed E-state index contributed by atoms with van der Waals surface area (Å²) in [6.45, 7) is 8.70. The number of amides is 3. The number of thioether (sulfide) groups is 1. The number of thiophene rings is 1. The van der Waals surface area contributed by atoms with Crippen LogP contribution in [0.2, 0.25) is 10.0 Å². The Hall–Kier alpha value is -4.07. The van der Waals surface area contributed by atoms with Crippen LogP contribution in [0.4, 0.5) is 10.7 Å². The number of carbonyl (C=O) groups excluding carboxylic acids is 3. The van der Waals surface area contributed by atoms with Crippen molar-refractivity contribution in [1.82, 2.24) is 5.32 Å². The summed E-state index contributed by atoms with van der Waals surface area (Å²) in [6.07, 6.45) is 4.81. The highest BCUT2D eigenvalue weighted by atomic mass is 35.5. The van der Waals surface area contributed by atoms with Gasteiger partial charge < -0.3 is 16.0 Å². The first-order valence-electron chi connectivity index (χ1n) is 16.3. The standard InChI is InChI=1S/C39H38Cl2N4O3S2/c1-5-32(37(48)45-38-29(22-42)28-18-17-25(39(2,3)4)20-33(28)50-38)49-27-15-10-14-26(21-27)43-36(47)31(19-24-13-9-16-30(40)34(24)41)44-35(46)23-11-7-6-8-12-23/h6-16,19,21,25,32H,5,17-18,20H2,1-4H3,(H,43,47)(H,44,46)(H,45,48)/b31-19+. The Morgan fingerprint density at radius 2 is 1.78 bits per heavy atom. The number of nitrogens with one attached hydrogen (secondary N) is 3. The number of nitriles is 1. The Morgan fingerprint density at radius 3 is 2.48 bits per heavy atom. The van der Waals surface area contributed by atoms with Crippen LogP contribution < -0.4 is 16.0 Å². The summed E-state index contributed by atoms with van der Waals surface area (Å²) in [5.41, 5.74) is 3.10. The maximum atomic E-state index is 13.6. The lowest BCUT2D eigenvalue weighted by Crippen LogP contribution is -2.30. The Bertz CT molecular complexity index is 1980. The third kappa shape index (κ3) is 8.98. The molecule has 1 aliphatic carbocycles. The molecule has 2 atom stereocenters. The van der Waals surface area contributed by atoms with E-state index in [1.165, 1.54) is 34.1 Å². The Morgan fingerprint density at radius 1 is 1.04 bits per heavy atom. The minimum Gasteiger partial charge on any atom is -0.321 e. The molecule has 0 aliphatic heterocycles. The van der Waals surface area contributed by atoms with Gasteiger partial charge in [-0.3, -0.25) is 14.4 Å². The number of rotatable bonds is 10. The normalized spacial score (nSPS) is 15.0. The number of hydrogen-bond acceptors (Lipinski definition) is 6. The fourth-order valence-corrected chi connectivity index (χ4v) is 8.44. The van der Waals surface area contributed by atoms with E-state index in [0.29, 0.717) is 44.7 Å². The van der Waals surface area contributed by atoms with Gasteiger partial charge in [0.1, 0.15) is 16.8 Å². The SMILES string of the molecule is CCC(Sc1cccc(NC(=O)/C(=C\c2cccc(Cl)c2Cl)NC(=O)c2ccccc2)c1)C(=O)Nc1sc2c(c1C#N)CCC(C(C)(C)C)C2. The first-order chi connectivity index (χ1) is 23.9. The maximum absolute atomic E-state index is 13.6. The molecule has 3 N–H and O–H groups in total. The summed E-state index contributed by atoms with van der Waals surface area (Å²) in [6, 6.07) is 23.1. The molecule has 0 fully saturated rings. The molecule has 2 unspecified atom stereocenters. The Labute approximate surface area is 311 Å². The van der Waals surface area contributed by atoms with Gasteiger partial charge in [0, 0.05) is 21.0 Å². The van der Waals surface area contributed by atoms with Crippen molar-refractivity contribution in [3.05, 3.63) is 116 Å². The number of anilines is 2.